The normalized spacial score (nSPS) is 14.7. The first-order chi connectivity index (χ1) is 18.0. The fourth-order valence-corrected chi connectivity index (χ4v) is 5.31. The van der Waals surface area contributed by atoms with E-state index in [-0.39, 0.29) is 41.8 Å². The van der Waals surface area contributed by atoms with Crippen LogP contribution >= 0.6 is 0 Å². The van der Waals surface area contributed by atoms with E-state index in [1.807, 2.05) is 0 Å². The number of sulfone groups is 1. The van der Waals surface area contributed by atoms with Crippen LogP contribution in [0.25, 0.3) is 0 Å². The highest BCUT2D eigenvalue weighted by Crippen LogP contribution is 2.28. The van der Waals surface area contributed by atoms with Gasteiger partial charge < -0.3 is 25.3 Å². The zero-order chi connectivity index (χ0) is 27.4. The van der Waals surface area contributed by atoms with Gasteiger partial charge in [0, 0.05) is 32.4 Å². The van der Waals surface area contributed by atoms with Gasteiger partial charge in [0.05, 0.1) is 17.0 Å². The fourth-order valence-electron chi connectivity index (χ4n) is 4.41. The largest absolute Gasteiger partial charge is 0.504 e. The molecule has 38 heavy (non-hydrogen) atoms. The summed E-state index contributed by atoms with van der Waals surface area (Å²) in [6.07, 6.45) is 0.911. The number of piperazine rings is 1. The van der Waals surface area contributed by atoms with Crippen molar-refractivity contribution in [3.63, 3.8) is 0 Å². The molecule has 11 heteroatoms. The van der Waals surface area contributed by atoms with Crippen LogP contribution in [0.1, 0.15) is 17.2 Å². The zero-order valence-corrected chi connectivity index (χ0v) is 21.5. The molecule has 0 radical (unpaired) electrons. The molecule has 3 aromatic carbocycles. The second kappa shape index (κ2) is 11.1. The Balaban J connectivity index is 1.49. The quantitative estimate of drug-likeness (QED) is 0.392. The van der Waals surface area contributed by atoms with Gasteiger partial charge in [0.1, 0.15) is 11.9 Å². The van der Waals surface area contributed by atoms with Crippen molar-refractivity contribution in [2.24, 2.45) is 0 Å². The summed E-state index contributed by atoms with van der Waals surface area (Å²) in [5.41, 5.74) is 1.44. The van der Waals surface area contributed by atoms with Crippen molar-refractivity contribution in [3.05, 3.63) is 83.7 Å². The Kier molecular flexibility index (Phi) is 7.86. The first-order valence-electron chi connectivity index (χ1n) is 11.9. The maximum Gasteiger partial charge on any atom is 0.249 e. The van der Waals surface area contributed by atoms with E-state index >= 15 is 0 Å². The van der Waals surface area contributed by atoms with Gasteiger partial charge in [-0.3, -0.25) is 9.59 Å². The molecular formula is C27H28FN3O6S. The molecule has 2 amide bonds. The van der Waals surface area contributed by atoms with Crippen LogP contribution in [0, 0.1) is 5.82 Å². The average Bonchev–Trinajstić information content (AvgIpc) is 2.89. The fraction of sp³-hybridized carbons (Fsp3) is 0.259. The number of phenolic OH excluding ortho intramolecular Hbond substituents is 2. The molecule has 1 aliphatic rings. The second-order valence-electron chi connectivity index (χ2n) is 9.11. The molecule has 4 rings (SSSR count). The minimum Gasteiger partial charge on any atom is -0.504 e. The lowest BCUT2D eigenvalue weighted by Crippen LogP contribution is -2.52. The molecule has 200 valence electrons. The highest BCUT2D eigenvalue weighted by molar-refractivity contribution is 7.90. The summed E-state index contributed by atoms with van der Waals surface area (Å²) in [5.74, 6) is -2.05. The van der Waals surface area contributed by atoms with Gasteiger partial charge in [-0.15, -0.1) is 0 Å². The molecule has 0 aromatic heterocycles. The number of nitrogens with one attached hydrogen (secondary N) is 1. The number of amides is 2. The van der Waals surface area contributed by atoms with Gasteiger partial charge in [-0.1, -0.05) is 36.4 Å². The smallest absolute Gasteiger partial charge is 0.249 e. The SMILES string of the molecule is CS(=O)(=O)c1cc(F)ccc1N1CCN(C(=O)C(NC(=O)Cc2ccc(O)c(O)c2)c2ccccc2)CC1. The lowest BCUT2D eigenvalue weighted by molar-refractivity contribution is -0.136. The van der Waals surface area contributed by atoms with Crippen molar-refractivity contribution < 1.29 is 32.6 Å². The summed E-state index contributed by atoms with van der Waals surface area (Å²) in [5, 5.41) is 22.0. The number of hydrogen-bond acceptors (Lipinski definition) is 7. The molecule has 9 nitrogen and oxygen atoms in total. The minimum absolute atomic E-state index is 0.105. The second-order valence-corrected chi connectivity index (χ2v) is 11.1. The van der Waals surface area contributed by atoms with Crippen LogP contribution in [0.15, 0.2) is 71.6 Å². The van der Waals surface area contributed by atoms with Crippen LogP contribution in [-0.2, 0) is 25.8 Å². The lowest BCUT2D eigenvalue weighted by atomic mass is 10.0. The Hall–Kier alpha value is -4.12. The maximum atomic E-state index is 13.7. The van der Waals surface area contributed by atoms with E-state index in [1.165, 1.54) is 30.3 Å². The molecule has 1 heterocycles. The van der Waals surface area contributed by atoms with Crippen LogP contribution in [-0.4, -0.2) is 67.8 Å². The summed E-state index contributed by atoms with van der Waals surface area (Å²) in [4.78, 5) is 29.7. The number of phenols is 2. The molecular weight excluding hydrogens is 513 g/mol. The molecule has 1 atom stereocenters. The number of carbonyl (C=O) groups is 2. The van der Waals surface area contributed by atoms with E-state index in [9.17, 15) is 32.6 Å². The van der Waals surface area contributed by atoms with Crippen molar-refractivity contribution in [1.29, 1.82) is 0 Å². The third kappa shape index (κ3) is 6.23. The van der Waals surface area contributed by atoms with Gasteiger partial charge in [-0.05, 0) is 41.5 Å². The first kappa shape index (κ1) is 26.9. The van der Waals surface area contributed by atoms with Crippen LogP contribution in [0.3, 0.4) is 0 Å². The van der Waals surface area contributed by atoms with E-state index in [2.05, 4.69) is 5.32 Å². The zero-order valence-electron chi connectivity index (χ0n) is 20.7. The maximum absolute atomic E-state index is 13.7. The van der Waals surface area contributed by atoms with Gasteiger partial charge in [0.2, 0.25) is 11.8 Å². The van der Waals surface area contributed by atoms with E-state index in [0.29, 0.717) is 29.9 Å². The molecule has 1 fully saturated rings. The summed E-state index contributed by atoms with van der Waals surface area (Å²) in [6, 6.07) is 15.5. The van der Waals surface area contributed by atoms with Gasteiger partial charge in [-0.25, -0.2) is 12.8 Å². The number of anilines is 1. The number of nitrogens with zero attached hydrogens (tertiary/aromatic N) is 2. The topological polar surface area (TPSA) is 127 Å². The summed E-state index contributed by atoms with van der Waals surface area (Å²) in [7, 11) is -3.67. The number of benzene rings is 3. The van der Waals surface area contributed by atoms with Crippen molar-refractivity contribution in [2.75, 3.05) is 37.3 Å². The van der Waals surface area contributed by atoms with Crippen molar-refractivity contribution in [1.82, 2.24) is 10.2 Å². The highest BCUT2D eigenvalue weighted by atomic mass is 32.2. The third-order valence-corrected chi connectivity index (χ3v) is 7.47. The average molecular weight is 542 g/mol. The van der Waals surface area contributed by atoms with Crippen LogP contribution in [0.2, 0.25) is 0 Å². The van der Waals surface area contributed by atoms with E-state index < -0.39 is 27.6 Å². The molecule has 3 aromatic rings. The standard InChI is InChI=1S/C27H28FN3O6S/c1-38(36,37)24-17-20(28)8-9-21(24)30-11-13-31(14-12-30)27(35)26(19-5-3-2-4-6-19)29-25(34)16-18-7-10-22(32)23(33)15-18/h2-10,15,17,26,32-33H,11-14,16H2,1H3,(H,29,34). The van der Waals surface area contributed by atoms with Gasteiger partial charge in [0.15, 0.2) is 21.3 Å². The number of carbonyl (C=O) groups excluding carboxylic acids is 2. The molecule has 1 saturated heterocycles. The van der Waals surface area contributed by atoms with Gasteiger partial charge >= 0.3 is 0 Å². The Morgan fingerprint density at radius 3 is 2.26 bits per heavy atom. The summed E-state index contributed by atoms with van der Waals surface area (Å²) >= 11 is 0. The third-order valence-electron chi connectivity index (χ3n) is 6.34. The summed E-state index contributed by atoms with van der Waals surface area (Å²) in [6.45, 7) is 1.18. The Labute approximate surface area is 220 Å². The Morgan fingerprint density at radius 2 is 1.63 bits per heavy atom. The number of rotatable bonds is 7. The Bertz CT molecular complexity index is 1440. The van der Waals surface area contributed by atoms with E-state index in [0.717, 1.165) is 12.3 Å². The predicted octanol–water partition coefficient (Wildman–Crippen LogP) is 2.39. The lowest BCUT2D eigenvalue weighted by Gasteiger charge is -2.38. The number of hydrogen-bond donors (Lipinski definition) is 3. The molecule has 0 spiro atoms. The molecule has 1 unspecified atom stereocenters. The molecule has 0 bridgehead atoms. The van der Waals surface area contributed by atoms with Crippen LogP contribution < -0.4 is 10.2 Å². The number of aromatic hydroxyl groups is 2. The van der Waals surface area contributed by atoms with Crippen LogP contribution in [0.4, 0.5) is 10.1 Å². The van der Waals surface area contributed by atoms with Gasteiger partial charge in [0.25, 0.3) is 0 Å². The molecule has 0 aliphatic carbocycles. The monoisotopic (exact) mass is 541 g/mol. The van der Waals surface area contributed by atoms with Crippen molar-refractivity contribution >= 4 is 27.3 Å². The summed E-state index contributed by atoms with van der Waals surface area (Å²) < 4.78 is 38.2. The van der Waals surface area contributed by atoms with Crippen LogP contribution in [0.5, 0.6) is 11.5 Å². The highest BCUT2D eigenvalue weighted by Gasteiger charge is 2.31. The minimum atomic E-state index is -3.67. The Morgan fingerprint density at radius 1 is 0.947 bits per heavy atom. The van der Waals surface area contributed by atoms with Crippen molar-refractivity contribution in [2.45, 2.75) is 17.4 Å². The predicted molar refractivity (Wildman–Crippen MR) is 139 cm³/mol. The van der Waals surface area contributed by atoms with E-state index in [4.69, 9.17) is 0 Å². The van der Waals surface area contributed by atoms with Crippen molar-refractivity contribution in [3.8, 4) is 11.5 Å². The first-order valence-corrected chi connectivity index (χ1v) is 13.8. The number of halogens is 1. The molecule has 1 aliphatic heterocycles. The molecule has 3 N–H and O–H groups in total. The van der Waals surface area contributed by atoms with E-state index in [1.54, 1.807) is 40.1 Å². The molecule has 0 saturated carbocycles. The van der Waals surface area contributed by atoms with Gasteiger partial charge in [-0.2, -0.15) is 0 Å².